The van der Waals surface area contributed by atoms with Crippen LogP contribution in [0.3, 0.4) is 0 Å². The number of aryl methyl sites for hydroxylation is 2. The zero-order valence-electron chi connectivity index (χ0n) is 9.04. The number of nitrogens with zero attached hydrogens (tertiary/aromatic N) is 4. The van der Waals surface area contributed by atoms with Crippen LogP contribution >= 0.6 is 23.3 Å². The second kappa shape index (κ2) is 4.76. The average molecular weight is 268 g/mol. The monoisotopic (exact) mass is 268 g/mol. The summed E-state index contributed by atoms with van der Waals surface area (Å²) in [5.74, 6) is -0.380. The van der Waals surface area contributed by atoms with Gasteiger partial charge in [-0.3, -0.25) is 0 Å². The van der Waals surface area contributed by atoms with E-state index in [9.17, 15) is 4.79 Å². The number of carboxylic acids is 1. The Labute approximate surface area is 105 Å². The molecular formula is C9H8N4O2S2. The maximum absolute atomic E-state index is 10.8. The van der Waals surface area contributed by atoms with E-state index in [2.05, 4.69) is 19.3 Å². The Morgan fingerprint density at radius 2 is 2.12 bits per heavy atom. The molecule has 0 aliphatic rings. The third-order valence-corrected chi connectivity index (χ3v) is 3.45. The van der Waals surface area contributed by atoms with Crippen molar-refractivity contribution in [3.8, 4) is 0 Å². The fraction of sp³-hybridized carbons (Fsp3) is 0.222. The van der Waals surface area contributed by atoms with E-state index in [0.717, 1.165) is 0 Å². The van der Waals surface area contributed by atoms with Gasteiger partial charge in [0.05, 0.1) is 0 Å². The zero-order chi connectivity index (χ0) is 12.4. The molecule has 0 bridgehead atoms. The van der Waals surface area contributed by atoms with Crippen molar-refractivity contribution in [1.29, 1.82) is 0 Å². The zero-order valence-corrected chi connectivity index (χ0v) is 10.7. The number of carboxylic acid groups (broad SMARTS) is 1. The maximum Gasteiger partial charge on any atom is 0.354 e. The lowest BCUT2D eigenvalue weighted by molar-refractivity contribution is 0.0689. The number of hydrogen-bond acceptors (Lipinski definition) is 7. The summed E-state index contributed by atoms with van der Waals surface area (Å²) in [4.78, 5) is 23.1. The van der Waals surface area contributed by atoms with Crippen LogP contribution in [0.15, 0.2) is 15.6 Å². The molecule has 0 unspecified atom stereocenters. The molecule has 2 heterocycles. The van der Waals surface area contributed by atoms with E-state index in [1.54, 1.807) is 13.8 Å². The highest BCUT2D eigenvalue weighted by Gasteiger charge is 2.11. The quantitative estimate of drug-likeness (QED) is 0.849. The molecule has 0 fully saturated rings. The van der Waals surface area contributed by atoms with Gasteiger partial charge < -0.3 is 5.11 Å². The summed E-state index contributed by atoms with van der Waals surface area (Å²) in [5.41, 5.74) is 0.599. The molecule has 1 N–H and O–H groups in total. The molecule has 0 radical (unpaired) electrons. The van der Waals surface area contributed by atoms with Crippen LogP contribution in [0, 0.1) is 13.8 Å². The van der Waals surface area contributed by atoms with Gasteiger partial charge in [0.1, 0.15) is 5.82 Å². The van der Waals surface area contributed by atoms with Crippen molar-refractivity contribution in [2.45, 2.75) is 23.3 Å². The van der Waals surface area contributed by atoms with Crippen molar-refractivity contribution in [3.05, 3.63) is 23.3 Å². The smallest absolute Gasteiger partial charge is 0.354 e. The van der Waals surface area contributed by atoms with Gasteiger partial charge in [-0.1, -0.05) is 0 Å². The molecule has 88 valence electrons. The Balaban J connectivity index is 2.29. The van der Waals surface area contributed by atoms with Gasteiger partial charge in [0, 0.05) is 5.69 Å². The predicted octanol–water partition coefficient (Wildman–Crippen LogP) is 1.79. The molecule has 2 rings (SSSR count). The van der Waals surface area contributed by atoms with Crippen molar-refractivity contribution in [3.63, 3.8) is 0 Å². The lowest BCUT2D eigenvalue weighted by atomic mass is 10.3. The highest BCUT2D eigenvalue weighted by atomic mass is 32.2. The summed E-state index contributed by atoms with van der Waals surface area (Å²) in [5, 5.41) is 9.25. The van der Waals surface area contributed by atoms with Crippen LogP contribution < -0.4 is 0 Å². The van der Waals surface area contributed by atoms with Gasteiger partial charge in [0.25, 0.3) is 0 Å². The fourth-order valence-electron chi connectivity index (χ4n) is 1.09. The SMILES string of the molecule is Cc1cc(C(=O)O)nc(Sc2nc(C)ns2)n1. The Kier molecular flexibility index (Phi) is 3.34. The number of carbonyl (C=O) groups is 1. The first kappa shape index (κ1) is 11.9. The lowest BCUT2D eigenvalue weighted by Crippen LogP contribution is -2.03. The first-order valence-electron chi connectivity index (χ1n) is 4.62. The predicted molar refractivity (Wildman–Crippen MR) is 62.5 cm³/mol. The van der Waals surface area contributed by atoms with E-state index in [0.29, 0.717) is 21.0 Å². The lowest BCUT2D eigenvalue weighted by Gasteiger charge is -2.00. The minimum absolute atomic E-state index is 0.0127. The summed E-state index contributed by atoms with van der Waals surface area (Å²) in [6.45, 7) is 3.52. The third kappa shape index (κ3) is 2.98. The first-order chi connectivity index (χ1) is 8.04. The number of hydrogen-bond donors (Lipinski definition) is 1. The molecule has 0 amide bonds. The second-order valence-electron chi connectivity index (χ2n) is 3.19. The standard InChI is InChI=1S/C9H8N4O2S2/c1-4-3-6(7(14)15)12-8(10-4)16-9-11-5(2)13-17-9/h3H,1-2H3,(H,14,15). The van der Waals surface area contributed by atoms with Gasteiger partial charge in [-0.25, -0.2) is 19.7 Å². The van der Waals surface area contributed by atoms with Gasteiger partial charge >= 0.3 is 5.97 Å². The Morgan fingerprint density at radius 3 is 2.71 bits per heavy atom. The van der Waals surface area contributed by atoms with Crippen molar-refractivity contribution in [2.24, 2.45) is 0 Å². The van der Waals surface area contributed by atoms with Gasteiger partial charge in [-0.15, -0.1) is 0 Å². The summed E-state index contributed by atoms with van der Waals surface area (Å²) in [6.07, 6.45) is 0. The van der Waals surface area contributed by atoms with Gasteiger partial charge in [-0.2, -0.15) is 4.37 Å². The van der Waals surface area contributed by atoms with Gasteiger partial charge in [0.2, 0.25) is 0 Å². The summed E-state index contributed by atoms with van der Waals surface area (Å²) >= 11 is 2.45. The van der Waals surface area contributed by atoms with Crippen molar-refractivity contribution >= 4 is 29.3 Å². The minimum atomic E-state index is -1.06. The van der Waals surface area contributed by atoms with E-state index in [1.807, 2.05) is 0 Å². The van der Waals surface area contributed by atoms with Crippen LogP contribution in [-0.2, 0) is 0 Å². The molecule has 6 nitrogen and oxygen atoms in total. The fourth-order valence-corrected chi connectivity index (χ4v) is 2.67. The van der Waals surface area contributed by atoms with E-state index >= 15 is 0 Å². The largest absolute Gasteiger partial charge is 0.477 e. The third-order valence-electron chi connectivity index (χ3n) is 1.74. The molecular weight excluding hydrogens is 260 g/mol. The van der Waals surface area contributed by atoms with Crippen LogP contribution in [0.4, 0.5) is 0 Å². The molecule has 0 atom stereocenters. The number of aromatic carboxylic acids is 1. The van der Waals surface area contributed by atoms with E-state index in [4.69, 9.17) is 5.11 Å². The topological polar surface area (TPSA) is 88.9 Å². The van der Waals surface area contributed by atoms with Crippen LogP contribution in [0.5, 0.6) is 0 Å². The van der Waals surface area contributed by atoms with E-state index in [1.165, 1.54) is 29.4 Å². The Bertz CT molecular complexity index is 570. The molecule has 0 aliphatic heterocycles. The number of aromatic nitrogens is 4. The van der Waals surface area contributed by atoms with Crippen molar-refractivity contribution in [2.75, 3.05) is 0 Å². The second-order valence-corrected chi connectivity index (χ2v) is 5.16. The molecule has 0 saturated heterocycles. The minimum Gasteiger partial charge on any atom is -0.477 e. The van der Waals surface area contributed by atoms with Crippen LogP contribution in [-0.4, -0.2) is 30.4 Å². The Morgan fingerprint density at radius 1 is 1.35 bits per heavy atom. The molecule has 2 aromatic heterocycles. The van der Waals surface area contributed by atoms with Crippen LogP contribution in [0.1, 0.15) is 22.0 Å². The van der Waals surface area contributed by atoms with Crippen LogP contribution in [0.25, 0.3) is 0 Å². The molecule has 2 aromatic rings. The van der Waals surface area contributed by atoms with Gasteiger partial charge in [-0.05, 0) is 43.2 Å². The highest BCUT2D eigenvalue weighted by Crippen LogP contribution is 2.26. The first-order valence-corrected chi connectivity index (χ1v) is 6.21. The molecule has 0 aliphatic carbocycles. The van der Waals surface area contributed by atoms with Crippen molar-refractivity contribution < 1.29 is 9.90 Å². The molecule has 8 heteroatoms. The average Bonchev–Trinajstić information content (AvgIpc) is 2.63. The summed E-state index contributed by atoms with van der Waals surface area (Å²) in [7, 11) is 0. The molecule has 0 saturated carbocycles. The maximum atomic E-state index is 10.8. The molecule has 0 spiro atoms. The normalized spacial score (nSPS) is 10.5. The van der Waals surface area contributed by atoms with E-state index in [-0.39, 0.29) is 5.69 Å². The summed E-state index contributed by atoms with van der Waals surface area (Å²) < 4.78 is 4.73. The molecule has 0 aromatic carbocycles. The summed E-state index contributed by atoms with van der Waals surface area (Å²) in [6, 6.07) is 1.43. The van der Waals surface area contributed by atoms with Gasteiger partial charge in [0.15, 0.2) is 15.2 Å². The van der Waals surface area contributed by atoms with Crippen molar-refractivity contribution in [1.82, 2.24) is 19.3 Å². The number of rotatable bonds is 3. The van der Waals surface area contributed by atoms with E-state index < -0.39 is 5.97 Å². The van der Waals surface area contributed by atoms with Crippen LogP contribution in [0.2, 0.25) is 0 Å². The molecule has 17 heavy (non-hydrogen) atoms. The highest BCUT2D eigenvalue weighted by molar-refractivity contribution is 8.00. The Hall–Kier alpha value is -1.54.